The summed E-state index contributed by atoms with van der Waals surface area (Å²) >= 11 is 6.03. The first-order valence-corrected chi connectivity index (χ1v) is 9.79. The minimum absolute atomic E-state index is 0.0498. The van der Waals surface area contributed by atoms with Crippen molar-refractivity contribution in [2.24, 2.45) is 0 Å². The van der Waals surface area contributed by atoms with Gasteiger partial charge in [0.05, 0.1) is 11.3 Å². The molecule has 2 N–H and O–H groups in total. The summed E-state index contributed by atoms with van der Waals surface area (Å²) in [5, 5.41) is 10.2. The van der Waals surface area contributed by atoms with Gasteiger partial charge >= 0.3 is 5.69 Å². The van der Waals surface area contributed by atoms with E-state index in [4.69, 9.17) is 11.6 Å². The summed E-state index contributed by atoms with van der Waals surface area (Å²) in [6.45, 7) is 4.10. The molecule has 3 rings (SSSR count). The SMILES string of the molecule is CC(C)NC(=O)c1ccc(Cl)cc1NC(=O)Cn1nc2n(c1=O)CCCCC2. The largest absolute Gasteiger partial charge is 0.350 e. The van der Waals surface area contributed by atoms with Crippen molar-refractivity contribution in [2.75, 3.05) is 5.32 Å². The van der Waals surface area contributed by atoms with E-state index in [0.717, 1.165) is 31.5 Å². The van der Waals surface area contributed by atoms with E-state index in [1.54, 1.807) is 16.7 Å². The number of aromatic nitrogens is 3. The van der Waals surface area contributed by atoms with Crippen molar-refractivity contribution in [3.8, 4) is 0 Å². The van der Waals surface area contributed by atoms with Crippen LogP contribution in [0.15, 0.2) is 23.0 Å². The second-order valence-corrected chi connectivity index (χ2v) is 7.62. The number of benzene rings is 1. The zero-order chi connectivity index (χ0) is 20.3. The Kier molecular flexibility index (Phi) is 6.18. The van der Waals surface area contributed by atoms with Crippen LogP contribution in [0.3, 0.4) is 0 Å². The van der Waals surface area contributed by atoms with Gasteiger partial charge in [0.25, 0.3) is 5.91 Å². The van der Waals surface area contributed by atoms with Gasteiger partial charge in [-0.25, -0.2) is 9.48 Å². The molecule has 8 nitrogen and oxygen atoms in total. The number of fused-ring (bicyclic) bond motifs is 1. The number of hydrogen-bond donors (Lipinski definition) is 2. The Morgan fingerprint density at radius 2 is 2.04 bits per heavy atom. The average molecular weight is 406 g/mol. The van der Waals surface area contributed by atoms with Crippen LogP contribution in [0.2, 0.25) is 5.02 Å². The van der Waals surface area contributed by atoms with Crippen molar-refractivity contribution >= 4 is 29.1 Å². The Morgan fingerprint density at radius 1 is 1.25 bits per heavy atom. The smallest absolute Gasteiger partial charge is 0.346 e. The highest BCUT2D eigenvalue weighted by molar-refractivity contribution is 6.31. The Morgan fingerprint density at radius 3 is 2.79 bits per heavy atom. The Balaban J connectivity index is 1.78. The van der Waals surface area contributed by atoms with Crippen LogP contribution in [-0.4, -0.2) is 32.2 Å². The quantitative estimate of drug-likeness (QED) is 0.796. The summed E-state index contributed by atoms with van der Waals surface area (Å²) in [5.41, 5.74) is 0.319. The first kappa shape index (κ1) is 20.1. The molecule has 9 heteroatoms. The van der Waals surface area contributed by atoms with Crippen LogP contribution in [0.4, 0.5) is 5.69 Å². The molecule has 0 radical (unpaired) electrons. The minimum Gasteiger partial charge on any atom is -0.350 e. The predicted octanol–water partition coefficient (Wildman–Crippen LogP) is 2.20. The van der Waals surface area contributed by atoms with Crippen molar-refractivity contribution in [1.29, 1.82) is 0 Å². The number of anilines is 1. The molecule has 0 atom stereocenters. The van der Waals surface area contributed by atoms with E-state index in [1.807, 2.05) is 13.8 Å². The number of carbonyl (C=O) groups excluding carboxylic acids is 2. The van der Waals surface area contributed by atoms with Crippen LogP contribution in [0.5, 0.6) is 0 Å². The standard InChI is InChI=1S/C19H24ClN5O3/c1-12(2)21-18(27)14-8-7-13(20)10-15(14)22-17(26)11-25-19(28)24-9-5-3-4-6-16(24)23-25/h7-8,10,12H,3-6,9,11H2,1-2H3,(H,21,27)(H,22,26). The molecule has 0 spiro atoms. The highest BCUT2D eigenvalue weighted by Crippen LogP contribution is 2.21. The summed E-state index contributed by atoms with van der Waals surface area (Å²) in [6, 6.07) is 4.61. The fourth-order valence-electron chi connectivity index (χ4n) is 3.21. The van der Waals surface area contributed by atoms with Crippen molar-refractivity contribution in [2.45, 2.75) is 58.7 Å². The van der Waals surface area contributed by atoms with E-state index in [-0.39, 0.29) is 24.2 Å². The van der Waals surface area contributed by atoms with Gasteiger partial charge < -0.3 is 10.6 Å². The molecule has 0 bridgehead atoms. The maximum atomic E-state index is 12.5. The molecule has 2 aromatic rings. The highest BCUT2D eigenvalue weighted by atomic mass is 35.5. The minimum atomic E-state index is -0.448. The lowest BCUT2D eigenvalue weighted by Gasteiger charge is -2.13. The van der Waals surface area contributed by atoms with Gasteiger partial charge in [-0.15, -0.1) is 0 Å². The van der Waals surface area contributed by atoms with Gasteiger partial charge in [-0.2, -0.15) is 5.10 Å². The molecular weight excluding hydrogens is 382 g/mol. The molecule has 1 aromatic carbocycles. The lowest BCUT2D eigenvalue weighted by atomic mass is 10.1. The molecule has 0 aliphatic carbocycles. The second-order valence-electron chi connectivity index (χ2n) is 7.18. The molecule has 2 amide bonds. The number of carbonyl (C=O) groups is 2. The Hall–Kier alpha value is -2.61. The molecule has 1 aliphatic heterocycles. The molecular formula is C19H24ClN5O3. The van der Waals surface area contributed by atoms with Gasteiger partial charge in [-0.1, -0.05) is 18.0 Å². The maximum absolute atomic E-state index is 12.5. The fraction of sp³-hybridized carbons (Fsp3) is 0.474. The lowest BCUT2D eigenvalue weighted by molar-refractivity contribution is -0.117. The van der Waals surface area contributed by atoms with Crippen LogP contribution in [-0.2, 0) is 24.3 Å². The summed E-state index contributed by atoms with van der Waals surface area (Å²) < 4.78 is 2.82. The van der Waals surface area contributed by atoms with E-state index in [9.17, 15) is 14.4 Å². The zero-order valence-corrected chi connectivity index (χ0v) is 16.8. The van der Waals surface area contributed by atoms with E-state index in [2.05, 4.69) is 15.7 Å². The summed E-state index contributed by atoms with van der Waals surface area (Å²) in [5.74, 6) is -0.0425. The van der Waals surface area contributed by atoms with E-state index in [1.165, 1.54) is 10.7 Å². The highest BCUT2D eigenvalue weighted by Gasteiger charge is 2.19. The van der Waals surface area contributed by atoms with Gasteiger partial charge in [0.2, 0.25) is 5.91 Å². The zero-order valence-electron chi connectivity index (χ0n) is 16.0. The third-order valence-corrected chi connectivity index (χ3v) is 4.73. The number of hydrogen-bond acceptors (Lipinski definition) is 4. The topological polar surface area (TPSA) is 98.0 Å². The van der Waals surface area contributed by atoms with Gasteiger partial charge in [0, 0.05) is 24.0 Å². The number of halogens is 1. The third kappa shape index (κ3) is 4.62. The molecule has 150 valence electrons. The Bertz CT molecular complexity index is 948. The van der Waals surface area contributed by atoms with Crippen LogP contribution >= 0.6 is 11.6 Å². The molecule has 0 saturated carbocycles. The van der Waals surface area contributed by atoms with Crippen LogP contribution in [0.25, 0.3) is 0 Å². The average Bonchev–Trinajstić information content (AvgIpc) is 2.78. The maximum Gasteiger partial charge on any atom is 0.346 e. The summed E-state index contributed by atoms with van der Waals surface area (Å²) in [4.78, 5) is 37.4. The van der Waals surface area contributed by atoms with E-state index < -0.39 is 5.91 Å². The molecule has 28 heavy (non-hydrogen) atoms. The summed E-state index contributed by atoms with van der Waals surface area (Å²) in [7, 11) is 0. The Labute approximate surface area is 167 Å². The predicted molar refractivity (Wildman–Crippen MR) is 107 cm³/mol. The molecule has 0 saturated heterocycles. The number of amides is 2. The number of nitrogens with zero attached hydrogens (tertiary/aromatic N) is 3. The summed E-state index contributed by atoms with van der Waals surface area (Å²) in [6.07, 6.45) is 3.72. The van der Waals surface area contributed by atoms with Gasteiger partial charge in [-0.05, 0) is 44.9 Å². The number of rotatable bonds is 5. The number of nitrogens with one attached hydrogen (secondary N) is 2. The molecule has 1 aliphatic rings. The third-order valence-electron chi connectivity index (χ3n) is 4.50. The van der Waals surface area contributed by atoms with Crippen molar-refractivity contribution in [1.82, 2.24) is 19.7 Å². The van der Waals surface area contributed by atoms with Gasteiger partial charge in [0.15, 0.2) is 0 Å². The van der Waals surface area contributed by atoms with E-state index >= 15 is 0 Å². The van der Waals surface area contributed by atoms with Crippen LogP contribution in [0, 0.1) is 0 Å². The molecule has 0 fully saturated rings. The van der Waals surface area contributed by atoms with Gasteiger partial charge in [-0.3, -0.25) is 14.2 Å². The lowest BCUT2D eigenvalue weighted by Crippen LogP contribution is -2.32. The van der Waals surface area contributed by atoms with Crippen molar-refractivity contribution in [3.05, 3.63) is 45.1 Å². The number of aryl methyl sites for hydroxylation is 1. The monoisotopic (exact) mass is 405 g/mol. The normalized spacial score (nSPS) is 13.7. The molecule has 0 unspecified atom stereocenters. The van der Waals surface area contributed by atoms with Crippen molar-refractivity contribution < 1.29 is 9.59 Å². The second kappa shape index (κ2) is 8.60. The first-order valence-electron chi connectivity index (χ1n) is 9.42. The first-order chi connectivity index (χ1) is 13.3. The van der Waals surface area contributed by atoms with Crippen LogP contribution in [0.1, 0.15) is 49.3 Å². The van der Waals surface area contributed by atoms with Crippen molar-refractivity contribution in [3.63, 3.8) is 0 Å². The van der Waals surface area contributed by atoms with Crippen LogP contribution < -0.4 is 16.3 Å². The molecule has 2 heterocycles. The fourth-order valence-corrected chi connectivity index (χ4v) is 3.38. The van der Waals surface area contributed by atoms with Gasteiger partial charge in [0.1, 0.15) is 12.4 Å². The van der Waals surface area contributed by atoms with E-state index in [0.29, 0.717) is 22.8 Å². The molecule has 1 aromatic heterocycles.